The number of aryl methyl sites for hydroxylation is 2. The molecular formula is C18H17FN4O. The largest absolute Gasteiger partial charge is 0.453 e. The first-order valence-corrected chi connectivity index (χ1v) is 7.52. The summed E-state index contributed by atoms with van der Waals surface area (Å²) in [5.41, 5.74) is 1.68. The minimum atomic E-state index is -0.423. The molecule has 24 heavy (non-hydrogen) atoms. The van der Waals surface area contributed by atoms with Gasteiger partial charge in [-0.2, -0.15) is 0 Å². The zero-order valence-electron chi connectivity index (χ0n) is 13.5. The number of hydrogen-bond donors (Lipinski definition) is 1. The molecule has 122 valence electrons. The molecule has 0 amide bonds. The zero-order chi connectivity index (χ0) is 16.9. The zero-order valence-corrected chi connectivity index (χ0v) is 13.5. The van der Waals surface area contributed by atoms with Crippen LogP contribution in [0.3, 0.4) is 0 Å². The third-order valence-electron chi connectivity index (χ3n) is 3.30. The predicted octanol–water partition coefficient (Wildman–Crippen LogP) is 4.03. The van der Waals surface area contributed by atoms with Gasteiger partial charge in [0.15, 0.2) is 11.6 Å². The second-order valence-electron chi connectivity index (χ2n) is 5.35. The fraction of sp³-hybridized carbons (Fsp3) is 0.167. The summed E-state index contributed by atoms with van der Waals surface area (Å²) in [5, 5.41) is 3.17. The van der Waals surface area contributed by atoms with E-state index in [2.05, 4.69) is 20.3 Å². The summed E-state index contributed by atoms with van der Waals surface area (Å²) in [7, 11) is 0. The number of nitrogens with zero attached hydrogens (tertiary/aromatic N) is 3. The second-order valence-corrected chi connectivity index (χ2v) is 5.35. The molecular weight excluding hydrogens is 307 g/mol. The number of hydrogen-bond acceptors (Lipinski definition) is 5. The van der Waals surface area contributed by atoms with Crippen molar-refractivity contribution in [3.8, 4) is 11.5 Å². The highest BCUT2D eigenvalue weighted by Gasteiger charge is 2.07. The third-order valence-corrected chi connectivity index (χ3v) is 3.30. The van der Waals surface area contributed by atoms with E-state index in [0.717, 1.165) is 17.1 Å². The van der Waals surface area contributed by atoms with Gasteiger partial charge in [-0.15, -0.1) is 0 Å². The maximum atomic E-state index is 14.2. The average Bonchev–Trinajstić information content (AvgIpc) is 2.55. The number of benzene rings is 1. The van der Waals surface area contributed by atoms with E-state index in [-0.39, 0.29) is 5.75 Å². The van der Waals surface area contributed by atoms with Crippen molar-refractivity contribution >= 4 is 5.82 Å². The highest BCUT2D eigenvalue weighted by atomic mass is 19.1. The molecule has 0 aliphatic heterocycles. The first-order chi connectivity index (χ1) is 11.6. The quantitative estimate of drug-likeness (QED) is 0.768. The lowest BCUT2D eigenvalue weighted by Gasteiger charge is -2.10. The van der Waals surface area contributed by atoms with Crippen LogP contribution in [0.15, 0.2) is 48.8 Å². The molecule has 0 aliphatic carbocycles. The lowest BCUT2D eigenvalue weighted by atomic mass is 10.2. The first kappa shape index (κ1) is 15.9. The summed E-state index contributed by atoms with van der Waals surface area (Å²) < 4.78 is 19.7. The Morgan fingerprint density at radius 3 is 2.71 bits per heavy atom. The Balaban J connectivity index is 1.68. The molecule has 0 bridgehead atoms. The summed E-state index contributed by atoms with van der Waals surface area (Å²) in [6.45, 7) is 4.20. The molecule has 0 unspecified atom stereocenters. The summed E-state index contributed by atoms with van der Waals surface area (Å²) >= 11 is 0. The highest BCUT2D eigenvalue weighted by molar-refractivity contribution is 5.39. The number of ether oxygens (including phenoxy) is 1. The molecule has 0 saturated carbocycles. The average molecular weight is 324 g/mol. The van der Waals surface area contributed by atoms with E-state index < -0.39 is 5.82 Å². The van der Waals surface area contributed by atoms with Crippen molar-refractivity contribution in [1.29, 1.82) is 0 Å². The summed E-state index contributed by atoms with van der Waals surface area (Å²) in [6, 6.07) is 10.2. The number of rotatable bonds is 5. The minimum absolute atomic E-state index is 0.167. The second kappa shape index (κ2) is 7.04. The molecule has 3 rings (SSSR count). The van der Waals surface area contributed by atoms with E-state index in [0.29, 0.717) is 18.1 Å². The molecule has 0 fully saturated rings. The highest BCUT2D eigenvalue weighted by Crippen LogP contribution is 2.24. The fourth-order valence-electron chi connectivity index (χ4n) is 2.27. The van der Waals surface area contributed by atoms with Gasteiger partial charge in [0.2, 0.25) is 0 Å². The van der Waals surface area contributed by atoms with Gasteiger partial charge >= 0.3 is 0 Å². The summed E-state index contributed by atoms with van der Waals surface area (Å²) in [4.78, 5) is 12.5. The minimum Gasteiger partial charge on any atom is -0.453 e. The van der Waals surface area contributed by atoms with Crippen LogP contribution in [-0.2, 0) is 6.54 Å². The van der Waals surface area contributed by atoms with Gasteiger partial charge in [0.1, 0.15) is 17.4 Å². The van der Waals surface area contributed by atoms with Crippen LogP contribution in [0, 0.1) is 19.7 Å². The van der Waals surface area contributed by atoms with Crippen LogP contribution in [0.25, 0.3) is 0 Å². The van der Waals surface area contributed by atoms with Crippen molar-refractivity contribution in [2.24, 2.45) is 0 Å². The van der Waals surface area contributed by atoms with Crippen LogP contribution in [0.2, 0.25) is 0 Å². The normalized spacial score (nSPS) is 10.5. The molecule has 1 aromatic carbocycles. The molecule has 0 aliphatic rings. The molecule has 0 spiro atoms. The van der Waals surface area contributed by atoms with Gasteiger partial charge < -0.3 is 10.1 Å². The molecule has 1 N–H and O–H groups in total. The summed E-state index contributed by atoms with van der Waals surface area (Å²) in [6.07, 6.45) is 3.17. The van der Waals surface area contributed by atoms with E-state index in [9.17, 15) is 4.39 Å². The number of nitrogens with one attached hydrogen (secondary N) is 1. The van der Waals surface area contributed by atoms with Gasteiger partial charge in [-0.25, -0.2) is 14.4 Å². The van der Waals surface area contributed by atoms with Gasteiger partial charge in [-0.3, -0.25) is 4.98 Å². The van der Waals surface area contributed by atoms with Crippen LogP contribution < -0.4 is 10.1 Å². The standard InChI is InChI=1S/C18H17FN4O/c1-12-8-18(23-13(2)22-12)21-10-14-5-6-17(16(19)9-14)24-15-4-3-7-20-11-15/h3-9,11H,10H2,1-2H3,(H,21,22,23). The fourth-order valence-corrected chi connectivity index (χ4v) is 2.27. The Kier molecular flexibility index (Phi) is 4.65. The number of pyridine rings is 1. The van der Waals surface area contributed by atoms with Gasteiger partial charge in [0.05, 0.1) is 6.20 Å². The Labute approximate surface area is 139 Å². The predicted molar refractivity (Wildman–Crippen MR) is 89.5 cm³/mol. The van der Waals surface area contributed by atoms with E-state index in [1.807, 2.05) is 26.0 Å². The van der Waals surface area contributed by atoms with Crippen LogP contribution in [0.1, 0.15) is 17.1 Å². The monoisotopic (exact) mass is 324 g/mol. The van der Waals surface area contributed by atoms with Crippen molar-refractivity contribution in [3.63, 3.8) is 0 Å². The summed E-state index contributed by atoms with van der Waals surface area (Å²) in [5.74, 6) is 1.66. The van der Waals surface area contributed by atoms with Gasteiger partial charge in [-0.1, -0.05) is 6.07 Å². The Morgan fingerprint density at radius 2 is 2.00 bits per heavy atom. The molecule has 5 nitrogen and oxygen atoms in total. The maximum absolute atomic E-state index is 14.2. The van der Waals surface area contributed by atoms with Crippen LogP contribution in [-0.4, -0.2) is 15.0 Å². The van der Waals surface area contributed by atoms with E-state index in [4.69, 9.17) is 4.74 Å². The molecule has 2 aromatic heterocycles. The van der Waals surface area contributed by atoms with Crippen molar-refractivity contribution < 1.29 is 9.13 Å². The lowest BCUT2D eigenvalue weighted by Crippen LogP contribution is -2.04. The van der Waals surface area contributed by atoms with Gasteiger partial charge in [0, 0.05) is 24.5 Å². The van der Waals surface area contributed by atoms with Crippen molar-refractivity contribution in [1.82, 2.24) is 15.0 Å². The third kappa shape index (κ3) is 4.04. The van der Waals surface area contributed by atoms with Crippen molar-refractivity contribution in [2.75, 3.05) is 5.32 Å². The van der Waals surface area contributed by atoms with E-state index >= 15 is 0 Å². The van der Waals surface area contributed by atoms with E-state index in [1.165, 1.54) is 12.3 Å². The van der Waals surface area contributed by atoms with Crippen LogP contribution in [0.4, 0.5) is 10.2 Å². The Morgan fingerprint density at radius 1 is 1.12 bits per heavy atom. The number of anilines is 1. The lowest BCUT2D eigenvalue weighted by molar-refractivity contribution is 0.440. The van der Waals surface area contributed by atoms with Crippen LogP contribution in [0.5, 0.6) is 11.5 Å². The molecule has 0 atom stereocenters. The van der Waals surface area contributed by atoms with Crippen LogP contribution >= 0.6 is 0 Å². The Hall–Kier alpha value is -3.02. The van der Waals surface area contributed by atoms with E-state index in [1.54, 1.807) is 24.4 Å². The smallest absolute Gasteiger partial charge is 0.166 e. The molecule has 2 heterocycles. The SMILES string of the molecule is Cc1cc(NCc2ccc(Oc3cccnc3)c(F)c2)nc(C)n1. The molecule has 0 saturated heterocycles. The Bertz CT molecular complexity index is 819. The first-order valence-electron chi connectivity index (χ1n) is 7.52. The topological polar surface area (TPSA) is 59.9 Å². The maximum Gasteiger partial charge on any atom is 0.166 e. The molecule has 0 radical (unpaired) electrons. The molecule has 3 aromatic rings. The van der Waals surface area contributed by atoms with Crippen molar-refractivity contribution in [2.45, 2.75) is 20.4 Å². The van der Waals surface area contributed by atoms with Gasteiger partial charge in [-0.05, 0) is 43.7 Å². The van der Waals surface area contributed by atoms with Crippen molar-refractivity contribution in [3.05, 3.63) is 71.7 Å². The molecule has 6 heteroatoms. The number of halogens is 1. The number of aromatic nitrogens is 3. The van der Waals surface area contributed by atoms with Gasteiger partial charge in [0.25, 0.3) is 0 Å².